The predicted octanol–water partition coefficient (Wildman–Crippen LogP) is 7.34. The Morgan fingerprint density at radius 2 is 1.29 bits per heavy atom. The van der Waals surface area contributed by atoms with E-state index in [1.165, 1.54) is 16.8 Å². The second-order valence-electron chi connectivity index (χ2n) is 16.7. The number of nitrogens with one attached hydrogen (secondary N) is 1. The maximum Gasteiger partial charge on any atom is 0.419 e. The number of piperidine rings is 1. The van der Waals surface area contributed by atoms with Gasteiger partial charge in [0.1, 0.15) is 22.4 Å². The van der Waals surface area contributed by atoms with Gasteiger partial charge >= 0.3 is 24.4 Å². The molecule has 4 rings (SSSR count). The molecule has 0 saturated carbocycles. The van der Waals surface area contributed by atoms with Gasteiger partial charge in [-0.25, -0.2) is 38.6 Å². The molecule has 280 valence electrons. The molecular weight excluding hydrogens is 775 g/mol. The number of imide groups is 1. The molecule has 16 heteroatoms. The molecule has 4 heterocycles. The Morgan fingerprint density at radius 3 is 1.82 bits per heavy atom. The van der Waals surface area contributed by atoms with Gasteiger partial charge in [0.05, 0.1) is 26.2 Å². The Labute approximate surface area is 312 Å². The van der Waals surface area contributed by atoms with Gasteiger partial charge in [-0.1, -0.05) is 0 Å². The van der Waals surface area contributed by atoms with Crippen molar-refractivity contribution in [2.45, 2.75) is 124 Å². The number of carbonyl (C=O) groups is 5. The number of anilines is 1. The number of ether oxygens (including phenoxy) is 4. The Hall–Kier alpha value is -3.96. The van der Waals surface area contributed by atoms with E-state index in [9.17, 15) is 24.0 Å². The fourth-order valence-electron chi connectivity index (χ4n) is 5.79. The third-order valence-corrected chi connectivity index (χ3v) is 8.66. The van der Waals surface area contributed by atoms with Gasteiger partial charge in [-0.15, -0.1) is 0 Å². The molecule has 2 aliphatic heterocycles. The summed E-state index contributed by atoms with van der Waals surface area (Å²) in [6.45, 7) is 21.1. The lowest BCUT2D eigenvalue weighted by Crippen LogP contribution is -2.58. The van der Waals surface area contributed by atoms with Crippen LogP contribution < -0.4 is 5.32 Å². The molecule has 1 fully saturated rings. The average Bonchev–Trinajstić information content (AvgIpc) is 3.26. The maximum absolute atomic E-state index is 14.4. The van der Waals surface area contributed by atoms with Gasteiger partial charge in [0.15, 0.2) is 0 Å². The highest BCUT2D eigenvalue weighted by Gasteiger charge is 2.53. The fourth-order valence-corrected chi connectivity index (χ4v) is 6.80. The molecule has 15 nitrogen and oxygen atoms in total. The van der Waals surface area contributed by atoms with Crippen LogP contribution in [0.5, 0.6) is 0 Å². The molecule has 0 radical (unpaired) electrons. The van der Waals surface area contributed by atoms with Crippen LogP contribution in [0.2, 0.25) is 0 Å². The number of fused-ring (bicyclic) bond motifs is 2. The normalized spacial score (nSPS) is 16.4. The average molecular weight is 825 g/mol. The molecule has 2 aromatic rings. The molecule has 0 unspecified atom stereocenters. The lowest BCUT2D eigenvalue weighted by atomic mass is 9.71. The van der Waals surface area contributed by atoms with Crippen LogP contribution in [0.15, 0.2) is 12.3 Å². The number of rotatable bonds is 2. The van der Waals surface area contributed by atoms with Crippen molar-refractivity contribution in [1.82, 2.24) is 24.3 Å². The van der Waals surface area contributed by atoms with E-state index in [1.807, 2.05) is 22.6 Å². The summed E-state index contributed by atoms with van der Waals surface area (Å²) in [7, 11) is 0. The number of carbonyl (C=O) groups excluding carboxylic acids is 5. The first kappa shape index (κ1) is 39.8. The molecule has 51 heavy (non-hydrogen) atoms. The lowest BCUT2D eigenvalue weighted by Gasteiger charge is -2.47. The molecule has 2 aliphatic rings. The van der Waals surface area contributed by atoms with E-state index in [0.29, 0.717) is 9.26 Å². The minimum Gasteiger partial charge on any atom is -0.444 e. The monoisotopic (exact) mass is 824 g/mol. The van der Waals surface area contributed by atoms with Crippen molar-refractivity contribution in [1.29, 1.82) is 0 Å². The van der Waals surface area contributed by atoms with Crippen LogP contribution in [0, 0.1) is 3.57 Å². The van der Waals surface area contributed by atoms with Crippen LogP contribution in [0.1, 0.15) is 112 Å². The number of likely N-dealkylation sites (tertiary alicyclic amines) is 1. The molecule has 1 N–H and O–H groups in total. The largest absolute Gasteiger partial charge is 0.444 e. The Kier molecular flexibility index (Phi) is 10.8. The zero-order chi connectivity index (χ0) is 38.5. The van der Waals surface area contributed by atoms with E-state index >= 15 is 0 Å². The first-order valence-corrected chi connectivity index (χ1v) is 17.8. The van der Waals surface area contributed by atoms with E-state index in [-0.39, 0.29) is 55.4 Å². The van der Waals surface area contributed by atoms with Gasteiger partial charge < -0.3 is 23.8 Å². The van der Waals surface area contributed by atoms with Gasteiger partial charge in [0.2, 0.25) is 5.95 Å². The maximum atomic E-state index is 14.4. The van der Waals surface area contributed by atoms with Crippen LogP contribution in [0.3, 0.4) is 0 Å². The molecule has 0 aliphatic carbocycles. The lowest BCUT2D eigenvalue weighted by molar-refractivity contribution is 0.00276. The molecule has 1 spiro atoms. The summed E-state index contributed by atoms with van der Waals surface area (Å²) in [5.74, 6) is -0.761. The van der Waals surface area contributed by atoms with Crippen molar-refractivity contribution in [2.75, 3.05) is 25.0 Å². The highest BCUT2D eigenvalue weighted by molar-refractivity contribution is 14.1. The minimum absolute atomic E-state index is 0.102. The third-order valence-electron chi connectivity index (χ3n) is 7.61. The first-order valence-electron chi connectivity index (χ1n) is 16.7. The fraction of sp³-hybridized carbons (Fsp3) is 0.629. The van der Waals surface area contributed by atoms with E-state index in [2.05, 4.69) is 15.3 Å². The summed E-state index contributed by atoms with van der Waals surface area (Å²) >= 11 is 1.97. The molecule has 0 bridgehead atoms. The first-order chi connectivity index (χ1) is 23.2. The van der Waals surface area contributed by atoms with E-state index in [4.69, 9.17) is 18.9 Å². The van der Waals surface area contributed by atoms with Crippen molar-refractivity contribution >= 4 is 58.8 Å². The van der Waals surface area contributed by atoms with Crippen LogP contribution in [-0.4, -0.2) is 96.7 Å². The molecule has 1 saturated heterocycles. The smallest absolute Gasteiger partial charge is 0.419 e. The quantitative estimate of drug-likeness (QED) is 0.237. The van der Waals surface area contributed by atoms with E-state index < -0.39 is 58.1 Å². The van der Waals surface area contributed by atoms with Crippen molar-refractivity contribution in [3.8, 4) is 11.4 Å². The van der Waals surface area contributed by atoms with Crippen molar-refractivity contribution in [3.63, 3.8) is 0 Å². The summed E-state index contributed by atoms with van der Waals surface area (Å²) in [6, 6.07) is 1.54. The number of nitrogens with zero attached hydrogens (tertiary/aromatic N) is 5. The highest BCUT2D eigenvalue weighted by atomic mass is 127. The Morgan fingerprint density at radius 1 is 0.784 bits per heavy atom. The number of hydrogen-bond donors (Lipinski definition) is 1. The second-order valence-corrected chi connectivity index (χ2v) is 17.8. The Bertz CT molecular complexity index is 1720. The van der Waals surface area contributed by atoms with Crippen LogP contribution in [0.25, 0.3) is 11.4 Å². The van der Waals surface area contributed by atoms with Gasteiger partial charge in [0.25, 0.3) is 5.91 Å². The summed E-state index contributed by atoms with van der Waals surface area (Å²) in [5, 5.41) is 2.52. The zero-order valence-electron chi connectivity index (χ0n) is 31.5. The predicted molar refractivity (Wildman–Crippen MR) is 196 cm³/mol. The van der Waals surface area contributed by atoms with Gasteiger partial charge in [0, 0.05) is 31.2 Å². The number of halogens is 1. The van der Waals surface area contributed by atoms with Gasteiger partial charge in [-0.2, -0.15) is 0 Å². The van der Waals surface area contributed by atoms with Crippen molar-refractivity contribution in [3.05, 3.63) is 27.1 Å². The molecule has 0 atom stereocenters. The Balaban J connectivity index is 1.94. The van der Waals surface area contributed by atoms with E-state index in [1.54, 1.807) is 88.0 Å². The SMILES string of the molecule is CC(C)(C)OC(=O)Nc1nccc(-c2c(I)c3c(n2C(=O)OC(C)(C)C)C2(CCN(C(=O)OC(C)(C)C)CC2)CN(C(=O)OC(C)(C)C)C3=O)n1. The topological polar surface area (TPSA) is 171 Å². The molecular formula is C35H49IN6O9. The van der Waals surface area contributed by atoms with Crippen molar-refractivity contribution in [2.24, 2.45) is 0 Å². The molecule has 2 aromatic heterocycles. The van der Waals surface area contributed by atoms with Crippen molar-refractivity contribution < 1.29 is 42.9 Å². The van der Waals surface area contributed by atoms with Gasteiger partial charge in [-0.3, -0.25) is 10.1 Å². The summed E-state index contributed by atoms with van der Waals surface area (Å²) in [6.07, 6.45) is -0.940. The molecule has 4 amide bonds. The number of aromatic nitrogens is 3. The van der Waals surface area contributed by atoms with E-state index in [0.717, 1.165) is 4.90 Å². The minimum atomic E-state index is -1.02. The highest BCUT2D eigenvalue weighted by Crippen LogP contribution is 2.48. The third kappa shape index (κ3) is 9.48. The standard InChI is InChI=1S/C35H49IN6O9/c1-31(2,3)48-27(44)39-26-37-16-13-20(38-26)23-22(36)21-24(42(23)30(47)51-34(10,11)12)35(19-41(25(21)43)29(46)50-33(7,8)9)14-17-40(18-15-35)28(45)49-32(4,5)6/h13,16H,14-15,17-19H2,1-12H3,(H,37,38,39,44). The summed E-state index contributed by atoms with van der Waals surface area (Å²) < 4.78 is 24.3. The number of amides is 4. The van der Waals surface area contributed by atoms with Gasteiger partial charge in [-0.05, 0) is 125 Å². The van der Waals surface area contributed by atoms with Crippen LogP contribution in [-0.2, 0) is 24.4 Å². The van der Waals surface area contributed by atoms with Crippen LogP contribution in [0.4, 0.5) is 25.1 Å². The zero-order valence-corrected chi connectivity index (χ0v) is 33.6. The summed E-state index contributed by atoms with van der Waals surface area (Å²) in [4.78, 5) is 79.5. The number of hydrogen-bond acceptors (Lipinski definition) is 11. The summed E-state index contributed by atoms with van der Waals surface area (Å²) in [5.41, 5.74) is -3.49. The second kappa shape index (κ2) is 13.9. The molecule has 0 aromatic carbocycles. The van der Waals surface area contributed by atoms with Crippen LogP contribution >= 0.6 is 22.6 Å².